The molecule has 1 heterocycles. The van der Waals surface area contributed by atoms with Gasteiger partial charge in [-0.15, -0.1) is 11.3 Å². The van der Waals surface area contributed by atoms with E-state index < -0.39 is 0 Å². The third-order valence-corrected chi connectivity index (χ3v) is 5.50. The highest BCUT2D eigenvalue weighted by atomic mass is 32.1. The van der Waals surface area contributed by atoms with E-state index in [2.05, 4.69) is 38.4 Å². The van der Waals surface area contributed by atoms with E-state index in [4.69, 9.17) is 4.98 Å². The fraction of sp³-hybridized carbons (Fsp3) is 0.833. The molecule has 0 bridgehead atoms. The molecule has 1 aliphatic carbocycles. The molecule has 21 heavy (non-hydrogen) atoms. The fourth-order valence-corrected chi connectivity index (χ4v) is 4.36. The highest BCUT2D eigenvalue weighted by Gasteiger charge is 2.20. The third-order valence-electron chi connectivity index (χ3n) is 4.63. The Kier molecular flexibility index (Phi) is 6.24. The summed E-state index contributed by atoms with van der Waals surface area (Å²) in [5.41, 5.74) is 1.42. The Hall–Kier alpha value is -0.410. The van der Waals surface area contributed by atoms with Crippen molar-refractivity contribution in [3.63, 3.8) is 0 Å². The van der Waals surface area contributed by atoms with Gasteiger partial charge in [-0.2, -0.15) is 0 Å². The Labute approximate surface area is 134 Å². The first-order chi connectivity index (χ1) is 9.99. The van der Waals surface area contributed by atoms with Crippen molar-refractivity contribution in [2.45, 2.75) is 84.1 Å². The van der Waals surface area contributed by atoms with Crippen molar-refractivity contribution < 1.29 is 0 Å². The van der Waals surface area contributed by atoms with Crippen molar-refractivity contribution in [1.29, 1.82) is 0 Å². The van der Waals surface area contributed by atoms with Crippen LogP contribution in [0.15, 0.2) is 5.38 Å². The van der Waals surface area contributed by atoms with Crippen molar-refractivity contribution in [3.8, 4) is 0 Å². The van der Waals surface area contributed by atoms with Gasteiger partial charge in [-0.25, -0.2) is 4.98 Å². The number of hydrogen-bond donors (Lipinski definition) is 1. The number of hydrogen-bond acceptors (Lipinski definition) is 3. The minimum atomic E-state index is 0.173. The van der Waals surface area contributed by atoms with Gasteiger partial charge in [0.1, 0.15) is 0 Å². The number of aromatic nitrogens is 1. The maximum atomic E-state index is 4.86. The van der Waals surface area contributed by atoms with Crippen LogP contribution in [-0.4, -0.2) is 17.6 Å². The molecule has 120 valence electrons. The van der Waals surface area contributed by atoms with Crippen molar-refractivity contribution in [3.05, 3.63) is 16.1 Å². The zero-order valence-corrected chi connectivity index (χ0v) is 15.1. The van der Waals surface area contributed by atoms with Crippen LogP contribution in [0.2, 0.25) is 0 Å². The van der Waals surface area contributed by atoms with Gasteiger partial charge in [-0.05, 0) is 25.3 Å². The molecule has 0 amide bonds. The van der Waals surface area contributed by atoms with E-state index in [1.54, 1.807) is 0 Å². The molecule has 0 radical (unpaired) electrons. The summed E-state index contributed by atoms with van der Waals surface area (Å²) in [7, 11) is 0. The van der Waals surface area contributed by atoms with E-state index in [1.165, 1.54) is 49.2 Å². The molecule has 1 unspecified atom stereocenters. The Morgan fingerprint density at radius 1 is 1.33 bits per heavy atom. The molecule has 2 rings (SSSR count). The molecular weight excluding hydrogens is 276 g/mol. The summed E-state index contributed by atoms with van der Waals surface area (Å²) in [6, 6.07) is 0.606. The molecule has 0 saturated heterocycles. The Bertz CT molecular complexity index is 413. The molecule has 1 N–H and O–H groups in total. The number of nitrogens with one attached hydrogen (secondary N) is 1. The fourth-order valence-electron chi connectivity index (χ4n) is 3.26. The lowest BCUT2D eigenvalue weighted by Gasteiger charge is -2.19. The minimum Gasteiger partial charge on any atom is -0.314 e. The van der Waals surface area contributed by atoms with Crippen molar-refractivity contribution >= 4 is 11.3 Å². The van der Waals surface area contributed by atoms with Crippen LogP contribution in [0.5, 0.6) is 0 Å². The Morgan fingerprint density at radius 3 is 2.62 bits per heavy atom. The van der Waals surface area contributed by atoms with Gasteiger partial charge in [-0.3, -0.25) is 0 Å². The summed E-state index contributed by atoms with van der Waals surface area (Å²) in [6.45, 7) is 10.0. The van der Waals surface area contributed by atoms with E-state index >= 15 is 0 Å². The average Bonchev–Trinajstić information content (AvgIpc) is 3.06. The monoisotopic (exact) mass is 308 g/mol. The van der Waals surface area contributed by atoms with Crippen LogP contribution in [0, 0.1) is 5.92 Å². The van der Waals surface area contributed by atoms with Crippen molar-refractivity contribution in [1.82, 2.24) is 10.3 Å². The first-order valence-corrected chi connectivity index (χ1v) is 9.55. The normalized spacial score (nSPS) is 18.3. The Balaban J connectivity index is 1.87. The molecule has 1 aromatic rings. The molecule has 0 aliphatic heterocycles. The van der Waals surface area contributed by atoms with Gasteiger partial charge in [0.05, 0.1) is 10.7 Å². The van der Waals surface area contributed by atoms with Gasteiger partial charge in [0, 0.05) is 23.3 Å². The van der Waals surface area contributed by atoms with Crippen molar-refractivity contribution in [2.24, 2.45) is 5.92 Å². The average molecular weight is 309 g/mol. The lowest BCUT2D eigenvalue weighted by Crippen LogP contribution is -2.31. The molecule has 1 fully saturated rings. The Morgan fingerprint density at radius 2 is 2.05 bits per heavy atom. The number of thiazole rings is 1. The first-order valence-electron chi connectivity index (χ1n) is 8.67. The van der Waals surface area contributed by atoms with Gasteiger partial charge in [0.25, 0.3) is 0 Å². The van der Waals surface area contributed by atoms with E-state index in [0.29, 0.717) is 6.04 Å². The summed E-state index contributed by atoms with van der Waals surface area (Å²) in [5, 5.41) is 7.22. The lowest BCUT2D eigenvalue weighted by atomic mass is 9.93. The topological polar surface area (TPSA) is 24.9 Å². The van der Waals surface area contributed by atoms with Crippen LogP contribution in [0.4, 0.5) is 0 Å². The molecule has 0 aromatic carbocycles. The van der Waals surface area contributed by atoms with Gasteiger partial charge >= 0.3 is 0 Å². The van der Waals surface area contributed by atoms with Crippen molar-refractivity contribution in [2.75, 3.05) is 6.54 Å². The quantitative estimate of drug-likeness (QED) is 0.772. The molecule has 3 heteroatoms. The number of nitrogens with zero attached hydrogens (tertiary/aromatic N) is 1. The predicted octanol–water partition coefficient (Wildman–Crippen LogP) is 4.93. The highest BCUT2D eigenvalue weighted by Crippen LogP contribution is 2.30. The molecule has 2 nitrogen and oxygen atoms in total. The van der Waals surface area contributed by atoms with Crippen LogP contribution >= 0.6 is 11.3 Å². The molecular formula is C18H32N2S. The summed E-state index contributed by atoms with van der Waals surface area (Å²) in [5.74, 6) is 0.993. The van der Waals surface area contributed by atoms with Crippen LogP contribution < -0.4 is 5.32 Å². The zero-order chi connectivity index (χ0) is 15.3. The number of likely N-dealkylation sites (N-methyl/N-ethyl adjacent to an activating group) is 1. The zero-order valence-electron chi connectivity index (χ0n) is 14.2. The lowest BCUT2D eigenvalue weighted by molar-refractivity contribution is 0.406. The SMILES string of the molecule is CCNC(CCC1CCCC1)Cc1nc(C(C)(C)C)cs1. The first kappa shape index (κ1) is 17.0. The summed E-state index contributed by atoms with van der Waals surface area (Å²) in [4.78, 5) is 4.86. The largest absolute Gasteiger partial charge is 0.314 e. The maximum absolute atomic E-state index is 4.86. The van der Waals surface area contributed by atoms with Crippen LogP contribution in [0.1, 0.15) is 76.9 Å². The molecule has 1 aliphatic rings. The summed E-state index contributed by atoms with van der Waals surface area (Å²) in [6.07, 6.45) is 9.64. The smallest absolute Gasteiger partial charge is 0.0944 e. The molecule has 1 atom stereocenters. The van der Waals surface area contributed by atoms with Gasteiger partial charge in [0.2, 0.25) is 0 Å². The highest BCUT2D eigenvalue weighted by molar-refractivity contribution is 7.09. The second-order valence-electron chi connectivity index (χ2n) is 7.56. The van der Waals surface area contributed by atoms with Gasteiger partial charge < -0.3 is 5.32 Å². The summed E-state index contributed by atoms with van der Waals surface area (Å²) >= 11 is 1.84. The van der Waals surface area contributed by atoms with Crippen LogP contribution in [0.3, 0.4) is 0 Å². The van der Waals surface area contributed by atoms with E-state index in [0.717, 1.165) is 18.9 Å². The predicted molar refractivity (Wildman–Crippen MR) is 93.2 cm³/mol. The van der Waals surface area contributed by atoms with E-state index in [-0.39, 0.29) is 5.41 Å². The van der Waals surface area contributed by atoms with E-state index in [1.807, 2.05) is 11.3 Å². The second-order valence-corrected chi connectivity index (χ2v) is 8.51. The second kappa shape index (κ2) is 7.73. The summed E-state index contributed by atoms with van der Waals surface area (Å²) < 4.78 is 0. The van der Waals surface area contributed by atoms with Crippen LogP contribution in [0.25, 0.3) is 0 Å². The van der Waals surface area contributed by atoms with Gasteiger partial charge in [0.15, 0.2) is 0 Å². The number of rotatable bonds is 7. The molecule has 0 spiro atoms. The van der Waals surface area contributed by atoms with E-state index in [9.17, 15) is 0 Å². The van der Waals surface area contributed by atoms with Gasteiger partial charge in [-0.1, -0.05) is 53.4 Å². The molecule has 1 saturated carbocycles. The maximum Gasteiger partial charge on any atom is 0.0944 e. The minimum absolute atomic E-state index is 0.173. The third kappa shape index (κ3) is 5.37. The molecule has 1 aromatic heterocycles. The standard InChI is InChI=1S/C18H32N2S/c1-5-19-15(11-10-14-8-6-7-9-14)12-17-20-16(13-21-17)18(2,3)4/h13-15,19H,5-12H2,1-4H3. The van der Waals surface area contributed by atoms with Crippen LogP contribution in [-0.2, 0) is 11.8 Å².